The monoisotopic (exact) mass is 468 g/mol. The van der Waals surface area contributed by atoms with Gasteiger partial charge in [0.15, 0.2) is 0 Å². The van der Waals surface area contributed by atoms with E-state index >= 15 is 0 Å². The summed E-state index contributed by atoms with van der Waals surface area (Å²) >= 11 is 12.5. The predicted molar refractivity (Wildman–Crippen MR) is 122 cm³/mol. The molecule has 1 saturated carbocycles. The normalized spacial score (nSPS) is 23.0. The highest BCUT2D eigenvalue weighted by Crippen LogP contribution is 2.41. The smallest absolute Gasteiger partial charge is 0.410 e. The van der Waals surface area contributed by atoms with E-state index in [0.29, 0.717) is 34.6 Å². The standard InChI is InChI=1S/C24H22Cl2N4O2/c25-19-5-1-4-18(22(19)26)13-29-14-24(32-23(29)31)8-2-3-17(10-24)12-30-15-28-20-7-6-16(11-27)9-21(20)30/h1,4-7,9,15,17H,2-3,8,10,12-14H2. The maximum absolute atomic E-state index is 12.7. The van der Waals surface area contributed by atoms with Gasteiger partial charge in [0.25, 0.3) is 0 Å². The summed E-state index contributed by atoms with van der Waals surface area (Å²) in [6, 6.07) is 13.2. The van der Waals surface area contributed by atoms with Crippen LogP contribution < -0.4 is 0 Å². The molecule has 164 valence electrons. The van der Waals surface area contributed by atoms with Crippen molar-refractivity contribution in [1.82, 2.24) is 14.5 Å². The number of amides is 1. The van der Waals surface area contributed by atoms with Gasteiger partial charge < -0.3 is 9.30 Å². The fourth-order valence-corrected chi connectivity index (χ4v) is 5.46. The number of hydrogen-bond acceptors (Lipinski definition) is 4. The predicted octanol–water partition coefficient (Wildman–Crippen LogP) is 5.80. The Hall–Kier alpha value is -2.75. The number of halogens is 2. The van der Waals surface area contributed by atoms with Crippen molar-refractivity contribution in [2.45, 2.75) is 44.4 Å². The molecule has 1 aromatic heterocycles. The largest absolute Gasteiger partial charge is 0.441 e. The lowest BCUT2D eigenvalue weighted by Crippen LogP contribution is -2.40. The van der Waals surface area contributed by atoms with Gasteiger partial charge in [-0.3, -0.25) is 4.90 Å². The number of fused-ring (bicyclic) bond motifs is 1. The molecule has 2 aliphatic rings. The number of nitriles is 1. The SMILES string of the molecule is N#Cc1ccc2ncn(CC3CCCC4(C3)CN(Cc3cccc(Cl)c3Cl)C(=O)O4)c2c1. The number of rotatable bonds is 4. The lowest BCUT2D eigenvalue weighted by molar-refractivity contribution is 0.00415. The summed E-state index contributed by atoms with van der Waals surface area (Å²) in [7, 11) is 0. The quantitative estimate of drug-likeness (QED) is 0.485. The van der Waals surface area contributed by atoms with Crippen LogP contribution in [0, 0.1) is 17.2 Å². The van der Waals surface area contributed by atoms with Crippen molar-refractivity contribution >= 4 is 40.3 Å². The van der Waals surface area contributed by atoms with E-state index in [2.05, 4.69) is 15.6 Å². The Morgan fingerprint density at radius 1 is 1.28 bits per heavy atom. The molecule has 1 amide bonds. The summed E-state index contributed by atoms with van der Waals surface area (Å²) in [6.45, 7) is 1.72. The fraction of sp³-hybridized carbons (Fsp3) is 0.375. The summed E-state index contributed by atoms with van der Waals surface area (Å²) in [5, 5.41) is 10.2. The van der Waals surface area contributed by atoms with Crippen molar-refractivity contribution in [3.05, 3.63) is 63.9 Å². The van der Waals surface area contributed by atoms with Crippen molar-refractivity contribution < 1.29 is 9.53 Å². The van der Waals surface area contributed by atoms with Crippen LogP contribution in [0.3, 0.4) is 0 Å². The number of ether oxygens (including phenoxy) is 1. The van der Waals surface area contributed by atoms with Crippen molar-refractivity contribution in [2.75, 3.05) is 6.54 Å². The van der Waals surface area contributed by atoms with Gasteiger partial charge in [0, 0.05) is 6.54 Å². The molecule has 3 aromatic rings. The highest BCUT2D eigenvalue weighted by Gasteiger charge is 2.48. The Bertz CT molecular complexity index is 1230. The lowest BCUT2D eigenvalue weighted by Gasteiger charge is -2.36. The molecule has 1 saturated heterocycles. The molecule has 2 atom stereocenters. The molecule has 5 rings (SSSR count). The van der Waals surface area contributed by atoms with Crippen LogP contribution in [-0.2, 0) is 17.8 Å². The van der Waals surface area contributed by atoms with E-state index in [-0.39, 0.29) is 6.09 Å². The number of imidazole rings is 1. The minimum absolute atomic E-state index is 0.298. The second-order valence-corrected chi connectivity index (χ2v) is 9.58. The van der Waals surface area contributed by atoms with E-state index in [1.54, 1.807) is 17.0 Å². The molecular formula is C24H22Cl2N4O2. The molecule has 6 nitrogen and oxygen atoms in total. The molecule has 1 aliphatic carbocycles. The Morgan fingerprint density at radius 2 is 2.16 bits per heavy atom. The highest BCUT2D eigenvalue weighted by atomic mass is 35.5. The number of aromatic nitrogens is 2. The maximum Gasteiger partial charge on any atom is 0.410 e. The minimum atomic E-state index is -0.473. The van der Waals surface area contributed by atoms with Gasteiger partial charge in [-0.25, -0.2) is 9.78 Å². The third-order valence-corrected chi connectivity index (χ3v) is 7.40. The zero-order valence-corrected chi connectivity index (χ0v) is 18.9. The molecule has 2 heterocycles. The number of benzene rings is 2. The molecule has 1 aliphatic heterocycles. The molecule has 2 unspecified atom stereocenters. The molecule has 8 heteroatoms. The summed E-state index contributed by atoms with van der Waals surface area (Å²) in [5.41, 5.74) is 2.81. The summed E-state index contributed by atoms with van der Waals surface area (Å²) in [5.74, 6) is 0.356. The Kier molecular flexibility index (Phi) is 5.48. The van der Waals surface area contributed by atoms with Gasteiger partial charge in [-0.05, 0) is 61.4 Å². The van der Waals surface area contributed by atoms with Gasteiger partial charge in [-0.15, -0.1) is 0 Å². The molecule has 32 heavy (non-hydrogen) atoms. The molecule has 2 fully saturated rings. The Labute approximate surface area is 196 Å². The maximum atomic E-state index is 12.7. The van der Waals surface area contributed by atoms with Crippen LogP contribution in [0.1, 0.15) is 36.8 Å². The van der Waals surface area contributed by atoms with Gasteiger partial charge in [-0.1, -0.05) is 35.3 Å². The second-order valence-electron chi connectivity index (χ2n) is 8.79. The number of carbonyl (C=O) groups is 1. The van der Waals surface area contributed by atoms with Crippen LogP contribution in [0.25, 0.3) is 11.0 Å². The first kappa shape index (κ1) is 21.1. The van der Waals surface area contributed by atoms with Crippen molar-refractivity contribution in [2.24, 2.45) is 5.92 Å². The topological polar surface area (TPSA) is 71.2 Å². The molecule has 0 N–H and O–H groups in total. The summed E-state index contributed by atoms with van der Waals surface area (Å²) in [4.78, 5) is 18.9. The highest BCUT2D eigenvalue weighted by molar-refractivity contribution is 6.42. The van der Waals surface area contributed by atoms with Gasteiger partial charge in [0.2, 0.25) is 0 Å². The van der Waals surface area contributed by atoms with E-state index < -0.39 is 5.60 Å². The molecular weight excluding hydrogens is 447 g/mol. The van der Waals surface area contributed by atoms with Crippen LogP contribution in [0.4, 0.5) is 4.79 Å². The van der Waals surface area contributed by atoms with E-state index in [4.69, 9.17) is 27.9 Å². The Morgan fingerprint density at radius 3 is 3.00 bits per heavy atom. The van der Waals surface area contributed by atoms with Gasteiger partial charge in [-0.2, -0.15) is 5.26 Å². The number of nitrogens with zero attached hydrogens (tertiary/aromatic N) is 4. The Balaban J connectivity index is 1.31. The third kappa shape index (κ3) is 3.92. The van der Waals surface area contributed by atoms with Crippen LogP contribution in [0.2, 0.25) is 10.0 Å². The van der Waals surface area contributed by atoms with E-state index in [1.807, 2.05) is 30.6 Å². The fourth-order valence-electron chi connectivity index (χ4n) is 5.08. The van der Waals surface area contributed by atoms with Crippen molar-refractivity contribution in [3.8, 4) is 6.07 Å². The first-order valence-corrected chi connectivity index (χ1v) is 11.5. The molecule has 0 radical (unpaired) electrons. The van der Waals surface area contributed by atoms with E-state index in [1.165, 1.54) is 0 Å². The zero-order valence-electron chi connectivity index (χ0n) is 17.4. The minimum Gasteiger partial charge on any atom is -0.441 e. The average molecular weight is 469 g/mol. The summed E-state index contributed by atoms with van der Waals surface area (Å²) < 4.78 is 8.07. The van der Waals surface area contributed by atoms with Gasteiger partial charge in [0.05, 0.1) is 52.1 Å². The number of carbonyl (C=O) groups excluding carboxylic acids is 1. The van der Waals surface area contributed by atoms with E-state index in [0.717, 1.165) is 48.8 Å². The van der Waals surface area contributed by atoms with E-state index in [9.17, 15) is 10.1 Å². The van der Waals surface area contributed by atoms with Crippen LogP contribution in [0.15, 0.2) is 42.7 Å². The van der Waals surface area contributed by atoms with Crippen LogP contribution >= 0.6 is 23.2 Å². The lowest BCUT2D eigenvalue weighted by atomic mass is 9.78. The molecule has 2 aromatic carbocycles. The third-order valence-electron chi connectivity index (χ3n) is 6.54. The van der Waals surface area contributed by atoms with Crippen LogP contribution in [0.5, 0.6) is 0 Å². The summed E-state index contributed by atoms with van der Waals surface area (Å²) in [6.07, 6.45) is 5.26. The average Bonchev–Trinajstić information content (AvgIpc) is 3.31. The van der Waals surface area contributed by atoms with Crippen LogP contribution in [-0.4, -0.2) is 32.7 Å². The second kappa shape index (κ2) is 8.31. The first-order chi connectivity index (χ1) is 15.5. The zero-order chi connectivity index (χ0) is 22.3. The first-order valence-electron chi connectivity index (χ1n) is 10.7. The van der Waals surface area contributed by atoms with Crippen molar-refractivity contribution in [3.63, 3.8) is 0 Å². The molecule has 1 spiro atoms. The van der Waals surface area contributed by atoms with Gasteiger partial charge >= 0.3 is 6.09 Å². The number of hydrogen-bond donors (Lipinski definition) is 0. The molecule has 0 bridgehead atoms. The van der Waals surface area contributed by atoms with Crippen molar-refractivity contribution in [1.29, 1.82) is 5.26 Å². The van der Waals surface area contributed by atoms with Gasteiger partial charge in [0.1, 0.15) is 5.60 Å².